The lowest BCUT2D eigenvalue weighted by atomic mass is 9.71. The number of hydrogen-bond acceptors (Lipinski definition) is 8. The van der Waals surface area contributed by atoms with Crippen LogP contribution in [0.3, 0.4) is 0 Å². The van der Waals surface area contributed by atoms with Crippen molar-refractivity contribution in [2.24, 2.45) is 5.92 Å². The quantitative estimate of drug-likeness (QED) is 0.0839. The van der Waals surface area contributed by atoms with E-state index in [2.05, 4.69) is 0 Å². The van der Waals surface area contributed by atoms with Crippen molar-refractivity contribution < 1.29 is 38.0 Å². The maximum Gasteiger partial charge on any atom is 0.338 e. The minimum absolute atomic E-state index is 0.127. The summed E-state index contributed by atoms with van der Waals surface area (Å²) in [5.74, 6) is -0.192. The predicted molar refractivity (Wildman–Crippen MR) is 238 cm³/mol. The van der Waals surface area contributed by atoms with Gasteiger partial charge < -0.3 is 28.4 Å². The molecule has 0 bridgehead atoms. The van der Waals surface area contributed by atoms with Crippen LogP contribution >= 0.6 is 0 Å². The largest absolute Gasteiger partial charge is 0.485 e. The first kappa shape index (κ1) is 41.2. The molecular formula is C54H46O8. The molecule has 8 heteroatoms. The highest BCUT2D eigenvalue weighted by atomic mass is 16.5. The molecule has 0 N–H and O–H groups in total. The van der Waals surface area contributed by atoms with E-state index in [0.29, 0.717) is 47.3 Å². The lowest BCUT2D eigenvalue weighted by Gasteiger charge is -2.34. The number of hydrogen-bond donors (Lipinski definition) is 0. The van der Waals surface area contributed by atoms with Crippen molar-refractivity contribution in [3.8, 4) is 23.0 Å². The lowest BCUT2D eigenvalue weighted by molar-refractivity contribution is -0.137. The number of fused-ring (bicyclic) bond motifs is 1. The molecule has 0 unspecified atom stereocenters. The normalized spacial score (nSPS) is 14.1. The van der Waals surface area contributed by atoms with Crippen LogP contribution in [-0.4, -0.2) is 25.7 Å². The third-order valence-electron chi connectivity index (χ3n) is 10.7. The average Bonchev–Trinajstić information content (AvgIpc) is 3.34. The molecule has 0 fully saturated rings. The van der Waals surface area contributed by atoms with Crippen molar-refractivity contribution >= 4 is 18.0 Å². The van der Waals surface area contributed by atoms with Gasteiger partial charge in [-0.25, -0.2) is 9.59 Å². The summed E-state index contributed by atoms with van der Waals surface area (Å²) < 4.78 is 37.5. The molecule has 0 saturated heterocycles. The molecule has 8 nitrogen and oxygen atoms in total. The highest BCUT2D eigenvalue weighted by Crippen LogP contribution is 2.48. The molecule has 310 valence electrons. The van der Waals surface area contributed by atoms with Gasteiger partial charge in [0.25, 0.3) is 0 Å². The van der Waals surface area contributed by atoms with Crippen LogP contribution in [0.15, 0.2) is 188 Å². The van der Waals surface area contributed by atoms with E-state index in [4.69, 9.17) is 28.4 Å². The van der Waals surface area contributed by atoms with Gasteiger partial charge in [0.1, 0.15) is 26.4 Å². The molecule has 0 radical (unpaired) electrons. The highest BCUT2D eigenvalue weighted by Gasteiger charge is 2.39. The van der Waals surface area contributed by atoms with Crippen LogP contribution < -0.4 is 18.9 Å². The second-order valence-electron chi connectivity index (χ2n) is 14.9. The summed E-state index contributed by atoms with van der Waals surface area (Å²) in [6.45, 7) is 1.08. The number of ether oxygens (including phenoxy) is 6. The van der Waals surface area contributed by atoms with Gasteiger partial charge >= 0.3 is 11.9 Å². The molecule has 1 aliphatic carbocycles. The molecule has 7 aromatic rings. The van der Waals surface area contributed by atoms with Gasteiger partial charge in [0, 0.05) is 17.4 Å². The maximum atomic E-state index is 13.9. The predicted octanol–water partition coefficient (Wildman–Crippen LogP) is 11.2. The summed E-state index contributed by atoms with van der Waals surface area (Å²) in [7, 11) is 1.35. The number of esters is 2. The zero-order valence-corrected chi connectivity index (χ0v) is 34.4. The molecule has 0 amide bonds. The van der Waals surface area contributed by atoms with E-state index in [1.807, 2.05) is 158 Å². The van der Waals surface area contributed by atoms with Crippen LogP contribution in [0.5, 0.6) is 23.0 Å². The monoisotopic (exact) mass is 822 g/mol. The van der Waals surface area contributed by atoms with E-state index in [1.54, 1.807) is 30.3 Å². The van der Waals surface area contributed by atoms with E-state index < -0.39 is 23.8 Å². The number of carbonyl (C=O) groups excluding carboxylic acids is 2. The van der Waals surface area contributed by atoms with Crippen molar-refractivity contribution in [2.45, 2.75) is 32.3 Å². The van der Waals surface area contributed by atoms with Gasteiger partial charge in [0.2, 0.25) is 0 Å². The zero-order chi connectivity index (χ0) is 42.5. The van der Waals surface area contributed by atoms with E-state index in [0.717, 1.165) is 38.9 Å². The molecule has 1 aliphatic rings. The number of carbonyl (C=O) groups is 2. The second-order valence-corrected chi connectivity index (χ2v) is 14.9. The number of rotatable bonds is 17. The van der Waals surface area contributed by atoms with E-state index in [1.165, 1.54) is 7.11 Å². The molecule has 0 heterocycles. The molecule has 8 rings (SSSR count). The van der Waals surface area contributed by atoms with E-state index in [-0.39, 0.29) is 19.8 Å². The minimum Gasteiger partial charge on any atom is -0.485 e. The summed E-state index contributed by atoms with van der Waals surface area (Å²) in [6.07, 6.45) is 1.80. The molecule has 0 aromatic heterocycles. The highest BCUT2D eigenvalue weighted by molar-refractivity contribution is 5.96. The number of benzene rings is 7. The zero-order valence-electron chi connectivity index (χ0n) is 34.4. The minimum atomic E-state index is -0.682. The topological polar surface area (TPSA) is 89.5 Å². The SMILES string of the molecule is COC(=O)C1=Cc2cc(OCc3ccccc3)c(OCc3ccccc3)cc2[C@@H](c2ccc(OCc3ccccc3)c(OCc3ccccc3)c2)[C@@H]1COC(=O)c1ccccc1. The summed E-state index contributed by atoms with van der Waals surface area (Å²) in [6, 6.07) is 58.2. The van der Waals surface area contributed by atoms with Crippen molar-refractivity contribution in [2.75, 3.05) is 13.7 Å². The Hall–Kier alpha value is -7.58. The summed E-state index contributed by atoms with van der Waals surface area (Å²) >= 11 is 0. The summed E-state index contributed by atoms with van der Waals surface area (Å²) in [5.41, 5.74) is 7.07. The second kappa shape index (κ2) is 20.1. The number of methoxy groups -OCH3 is 1. The van der Waals surface area contributed by atoms with Crippen molar-refractivity contribution in [1.29, 1.82) is 0 Å². The molecular weight excluding hydrogens is 777 g/mol. The first-order chi connectivity index (χ1) is 30.5. The first-order valence-electron chi connectivity index (χ1n) is 20.5. The lowest BCUT2D eigenvalue weighted by Crippen LogP contribution is -2.30. The Morgan fingerprint density at radius 3 is 1.39 bits per heavy atom. The first-order valence-corrected chi connectivity index (χ1v) is 20.5. The van der Waals surface area contributed by atoms with Crippen LogP contribution in [-0.2, 0) is 40.7 Å². The van der Waals surface area contributed by atoms with Gasteiger partial charge in [0.05, 0.1) is 19.3 Å². The Bertz CT molecular complexity index is 2600. The van der Waals surface area contributed by atoms with Crippen LogP contribution in [0.25, 0.3) is 6.08 Å². The third-order valence-corrected chi connectivity index (χ3v) is 10.7. The van der Waals surface area contributed by atoms with Crippen LogP contribution in [0, 0.1) is 5.92 Å². The standard InChI is InChI=1S/C54H46O8/c1-57-54(56)46-29-44-31-50(60-35-40-21-11-4-12-22-40)51(61-36-41-23-13-5-14-24-41)32-45(44)52(47(46)37-62-53(55)42-25-15-6-16-26-42)43-27-28-48(58-33-38-17-7-2-8-18-38)49(30-43)59-34-39-19-9-3-10-20-39/h2-32,47,52H,33-37H2,1H3/t47-,52-/m1/s1. The molecule has 62 heavy (non-hydrogen) atoms. The molecule has 0 spiro atoms. The van der Waals surface area contributed by atoms with Crippen LogP contribution in [0.4, 0.5) is 0 Å². The average molecular weight is 823 g/mol. The van der Waals surface area contributed by atoms with Gasteiger partial charge in [-0.1, -0.05) is 146 Å². The van der Waals surface area contributed by atoms with Gasteiger partial charge in [0.15, 0.2) is 23.0 Å². The van der Waals surface area contributed by atoms with Crippen molar-refractivity contribution in [3.63, 3.8) is 0 Å². The molecule has 7 aromatic carbocycles. The van der Waals surface area contributed by atoms with Gasteiger partial charge in [-0.05, 0) is 81.4 Å². The smallest absolute Gasteiger partial charge is 0.338 e. The maximum absolute atomic E-state index is 13.9. The Kier molecular flexibility index (Phi) is 13.4. The Labute approximate surface area is 361 Å². The van der Waals surface area contributed by atoms with Gasteiger partial charge in [-0.15, -0.1) is 0 Å². The Morgan fingerprint density at radius 2 is 0.903 bits per heavy atom. The fourth-order valence-electron chi connectivity index (χ4n) is 7.52. The Morgan fingerprint density at radius 1 is 0.468 bits per heavy atom. The van der Waals surface area contributed by atoms with Crippen LogP contribution in [0.2, 0.25) is 0 Å². The fourth-order valence-corrected chi connectivity index (χ4v) is 7.52. The van der Waals surface area contributed by atoms with Crippen LogP contribution in [0.1, 0.15) is 55.2 Å². The van der Waals surface area contributed by atoms with Crippen molar-refractivity contribution in [1.82, 2.24) is 0 Å². The van der Waals surface area contributed by atoms with E-state index in [9.17, 15) is 9.59 Å². The van der Waals surface area contributed by atoms with Gasteiger partial charge in [-0.3, -0.25) is 0 Å². The van der Waals surface area contributed by atoms with Crippen molar-refractivity contribution in [3.05, 3.63) is 232 Å². The van der Waals surface area contributed by atoms with Gasteiger partial charge in [-0.2, -0.15) is 0 Å². The Balaban J connectivity index is 1.24. The fraction of sp³-hybridized carbons (Fsp3) is 0.148. The molecule has 0 aliphatic heterocycles. The third kappa shape index (κ3) is 10.2. The summed E-state index contributed by atoms with van der Waals surface area (Å²) in [5, 5.41) is 0. The van der Waals surface area contributed by atoms with E-state index >= 15 is 0 Å². The summed E-state index contributed by atoms with van der Waals surface area (Å²) in [4.78, 5) is 27.4. The molecule has 2 atom stereocenters. The molecule has 0 saturated carbocycles.